The zero-order valence-electron chi connectivity index (χ0n) is 31.9. The number of benzene rings is 6. The van der Waals surface area contributed by atoms with Crippen molar-refractivity contribution >= 4 is 40.0 Å². The number of anilines is 3. The highest BCUT2D eigenvalue weighted by Crippen LogP contribution is 2.52. The van der Waals surface area contributed by atoms with Gasteiger partial charge in [-0.2, -0.15) is 0 Å². The fourth-order valence-electron chi connectivity index (χ4n) is 7.88. The first-order valence-corrected chi connectivity index (χ1v) is 18.3. The normalized spacial score (nSPS) is 13.7. The Morgan fingerprint density at radius 1 is 0.569 bits per heavy atom. The Hall–Kier alpha value is -5.14. The van der Waals surface area contributed by atoms with Gasteiger partial charge in [-0.3, -0.25) is 0 Å². The van der Waals surface area contributed by atoms with Crippen molar-refractivity contribution in [1.29, 1.82) is 0 Å². The first-order valence-electron chi connectivity index (χ1n) is 18.3. The van der Waals surface area contributed by atoms with Crippen LogP contribution < -0.4 is 4.90 Å². The molecule has 6 aromatic rings. The van der Waals surface area contributed by atoms with Gasteiger partial charge in [0.1, 0.15) is 0 Å². The second-order valence-corrected chi connectivity index (χ2v) is 16.7. The van der Waals surface area contributed by atoms with Crippen molar-refractivity contribution in [2.24, 2.45) is 0 Å². The highest BCUT2D eigenvalue weighted by molar-refractivity contribution is 6.03. The maximum atomic E-state index is 4.07. The van der Waals surface area contributed by atoms with E-state index < -0.39 is 0 Å². The highest BCUT2D eigenvalue weighted by atomic mass is 15.1. The number of allylic oxidation sites excluding steroid dienone is 1. The SMILES string of the molecule is C=Cc1ccc2c(-c3ccc4c(c3)C(C)(C)c3cc(N(c5ccc(C(C)(C)C)cc5)c5ccc(C(C)(C)C)cc5)ccc3-4)cccc2c1/C=C\C. The molecule has 0 N–H and O–H groups in total. The third kappa shape index (κ3) is 6.03. The van der Waals surface area contributed by atoms with Crippen LogP contribution in [0.2, 0.25) is 0 Å². The Kier molecular flexibility index (Phi) is 8.46. The predicted octanol–water partition coefficient (Wildman–Crippen LogP) is 14.6. The fourth-order valence-corrected chi connectivity index (χ4v) is 7.88. The summed E-state index contributed by atoms with van der Waals surface area (Å²) < 4.78 is 0. The molecular weight excluding hydrogens is 615 g/mol. The molecule has 0 atom stereocenters. The van der Waals surface area contributed by atoms with Crippen LogP contribution in [-0.4, -0.2) is 0 Å². The van der Waals surface area contributed by atoms with Gasteiger partial charge in [0.25, 0.3) is 0 Å². The minimum absolute atomic E-state index is 0.0926. The third-order valence-electron chi connectivity index (χ3n) is 10.9. The molecule has 7 rings (SSSR count). The number of fused-ring (bicyclic) bond motifs is 4. The monoisotopic (exact) mass is 665 g/mol. The first kappa shape index (κ1) is 34.3. The summed E-state index contributed by atoms with van der Waals surface area (Å²) in [5.74, 6) is 0. The van der Waals surface area contributed by atoms with E-state index in [-0.39, 0.29) is 16.2 Å². The van der Waals surface area contributed by atoms with E-state index in [1.807, 2.05) is 6.08 Å². The summed E-state index contributed by atoms with van der Waals surface area (Å²) in [6, 6.07) is 43.6. The van der Waals surface area contributed by atoms with Gasteiger partial charge in [-0.1, -0.05) is 153 Å². The molecule has 256 valence electrons. The van der Waals surface area contributed by atoms with Crippen LogP contribution >= 0.6 is 0 Å². The van der Waals surface area contributed by atoms with Crippen molar-refractivity contribution in [3.8, 4) is 22.3 Å². The Bertz CT molecular complexity index is 2240. The van der Waals surface area contributed by atoms with Gasteiger partial charge in [0.15, 0.2) is 0 Å². The van der Waals surface area contributed by atoms with Gasteiger partial charge in [0, 0.05) is 22.5 Å². The van der Waals surface area contributed by atoms with Crippen molar-refractivity contribution in [2.75, 3.05) is 4.90 Å². The van der Waals surface area contributed by atoms with Gasteiger partial charge >= 0.3 is 0 Å². The molecule has 0 aromatic heterocycles. The van der Waals surface area contributed by atoms with Gasteiger partial charge in [-0.15, -0.1) is 0 Å². The number of hydrogen-bond acceptors (Lipinski definition) is 1. The molecule has 0 amide bonds. The molecule has 1 nitrogen and oxygen atoms in total. The molecule has 1 aliphatic rings. The average Bonchev–Trinajstić information content (AvgIpc) is 3.33. The van der Waals surface area contributed by atoms with Gasteiger partial charge in [0.05, 0.1) is 0 Å². The third-order valence-corrected chi connectivity index (χ3v) is 10.9. The lowest BCUT2D eigenvalue weighted by Gasteiger charge is -2.29. The van der Waals surface area contributed by atoms with Crippen LogP contribution in [0, 0.1) is 0 Å². The summed E-state index contributed by atoms with van der Waals surface area (Å²) in [6.45, 7) is 24.6. The van der Waals surface area contributed by atoms with Crippen molar-refractivity contribution in [1.82, 2.24) is 0 Å². The molecule has 1 heteroatoms. The van der Waals surface area contributed by atoms with Gasteiger partial charge in [-0.05, 0) is 127 Å². The Morgan fingerprint density at radius 2 is 1.12 bits per heavy atom. The predicted molar refractivity (Wildman–Crippen MR) is 224 cm³/mol. The lowest BCUT2D eigenvalue weighted by atomic mass is 9.81. The summed E-state index contributed by atoms with van der Waals surface area (Å²) in [5, 5.41) is 2.51. The number of hydrogen-bond donors (Lipinski definition) is 0. The van der Waals surface area contributed by atoms with Crippen LogP contribution in [0.1, 0.15) is 95.7 Å². The number of nitrogens with zero attached hydrogens (tertiary/aromatic N) is 1. The second-order valence-electron chi connectivity index (χ2n) is 16.7. The maximum Gasteiger partial charge on any atom is 0.0465 e. The highest BCUT2D eigenvalue weighted by Gasteiger charge is 2.36. The summed E-state index contributed by atoms with van der Waals surface area (Å²) in [6.07, 6.45) is 6.26. The molecule has 0 unspecified atom stereocenters. The minimum atomic E-state index is -0.175. The molecule has 1 aliphatic carbocycles. The summed E-state index contributed by atoms with van der Waals surface area (Å²) in [7, 11) is 0. The van der Waals surface area contributed by atoms with Crippen LogP contribution in [0.25, 0.3) is 45.2 Å². The smallest absolute Gasteiger partial charge is 0.0465 e. The van der Waals surface area contributed by atoms with Gasteiger partial charge < -0.3 is 4.90 Å². The van der Waals surface area contributed by atoms with Crippen molar-refractivity contribution in [2.45, 2.75) is 78.6 Å². The summed E-state index contributed by atoms with van der Waals surface area (Å²) in [5.41, 5.74) is 16.4. The van der Waals surface area contributed by atoms with E-state index in [1.165, 1.54) is 66.5 Å². The molecule has 0 bridgehead atoms. The summed E-state index contributed by atoms with van der Waals surface area (Å²) >= 11 is 0. The van der Waals surface area contributed by atoms with E-state index >= 15 is 0 Å². The zero-order valence-corrected chi connectivity index (χ0v) is 31.9. The molecular formula is C50H51N. The first-order chi connectivity index (χ1) is 24.2. The van der Waals surface area contributed by atoms with Crippen molar-refractivity contribution in [3.05, 3.63) is 161 Å². The molecule has 0 heterocycles. The van der Waals surface area contributed by atoms with E-state index in [0.29, 0.717) is 0 Å². The standard InChI is InChI=1S/C50H51N/c1-11-14-40-33(12-2)17-28-43-41(15-13-16-42(40)43)34-18-29-44-45-30-27-39(32-47(45)50(9,10)46(44)31-34)51(37-23-19-35(20-24-37)48(3,4)5)38-25-21-36(22-26-38)49(6,7)8/h11-32H,2H2,1,3-10H3/b14-11-. The van der Waals surface area contributed by atoms with Crippen LogP contribution in [0.4, 0.5) is 17.1 Å². The minimum Gasteiger partial charge on any atom is -0.310 e. The zero-order chi connectivity index (χ0) is 36.3. The van der Waals surface area contributed by atoms with E-state index in [4.69, 9.17) is 0 Å². The molecule has 0 fully saturated rings. The molecule has 0 radical (unpaired) electrons. The van der Waals surface area contributed by atoms with Crippen molar-refractivity contribution in [3.63, 3.8) is 0 Å². The molecule has 6 aromatic carbocycles. The Morgan fingerprint density at radius 3 is 1.67 bits per heavy atom. The summed E-state index contributed by atoms with van der Waals surface area (Å²) in [4.78, 5) is 2.42. The molecule has 0 spiro atoms. The Balaban J connectivity index is 1.33. The van der Waals surface area contributed by atoms with Crippen molar-refractivity contribution < 1.29 is 0 Å². The fraction of sp³-hybridized carbons (Fsp3) is 0.240. The molecule has 0 saturated heterocycles. The average molecular weight is 666 g/mol. The van der Waals surface area contributed by atoms with E-state index in [1.54, 1.807) is 0 Å². The van der Waals surface area contributed by atoms with E-state index in [0.717, 1.165) is 16.9 Å². The second kappa shape index (κ2) is 12.6. The lowest BCUT2D eigenvalue weighted by molar-refractivity contribution is 0.590. The lowest BCUT2D eigenvalue weighted by Crippen LogP contribution is -2.17. The quantitative estimate of drug-likeness (QED) is 0.171. The van der Waals surface area contributed by atoms with Gasteiger partial charge in [0.2, 0.25) is 0 Å². The van der Waals surface area contributed by atoms with Crippen LogP contribution in [-0.2, 0) is 16.2 Å². The van der Waals surface area contributed by atoms with Gasteiger partial charge in [-0.25, -0.2) is 0 Å². The molecule has 51 heavy (non-hydrogen) atoms. The number of rotatable bonds is 6. The van der Waals surface area contributed by atoms with E-state index in [2.05, 4.69) is 201 Å². The van der Waals surface area contributed by atoms with E-state index in [9.17, 15) is 0 Å². The largest absolute Gasteiger partial charge is 0.310 e. The molecule has 0 aliphatic heterocycles. The van der Waals surface area contributed by atoms with Crippen LogP contribution in [0.15, 0.2) is 128 Å². The topological polar surface area (TPSA) is 3.24 Å². The molecule has 0 saturated carbocycles. The Labute approximate surface area is 306 Å². The maximum absolute atomic E-state index is 4.07. The van der Waals surface area contributed by atoms with Crippen LogP contribution in [0.5, 0.6) is 0 Å². The van der Waals surface area contributed by atoms with Crippen LogP contribution in [0.3, 0.4) is 0 Å².